The molecule has 3 nitrogen and oxygen atoms in total. The number of nitriles is 1. The second-order valence-electron chi connectivity index (χ2n) is 1.74. The first-order chi connectivity index (χ1) is 5.34. The highest BCUT2D eigenvalue weighted by atomic mass is 79.9. The van der Waals surface area contributed by atoms with E-state index >= 15 is 0 Å². The summed E-state index contributed by atoms with van der Waals surface area (Å²) in [7, 11) is 0. The Balaban J connectivity index is 2.71. The number of aromatic nitrogens is 1. The van der Waals surface area contributed by atoms with E-state index in [1.807, 2.05) is 6.07 Å². The van der Waals surface area contributed by atoms with Crippen molar-refractivity contribution in [2.24, 2.45) is 0 Å². The second kappa shape index (κ2) is 3.94. The van der Waals surface area contributed by atoms with Crippen LogP contribution in [0.15, 0.2) is 22.9 Å². The zero-order chi connectivity index (χ0) is 8.10. The monoisotopic (exact) mass is 212 g/mol. The molecule has 1 rings (SSSR count). The maximum atomic E-state index is 8.21. The number of pyridine rings is 1. The van der Waals surface area contributed by atoms with Crippen molar-refractivity contribution in [1.82, 2.24) is 4.98 Å². The Bertz CT molecular complexity index is 282. The summed E-state index contributed by atoms with van der Waals surface area (Å²) in [6.07, 6.45) is 1.64. The summed E-state index contributed by atoms with van der Waals surface area (Å²) in [6.45, 7) is 0.0459. The Labute approximate surface area is 72.8 Å². The molecular weight excluding hydrogens is 208 g/mol. The van der Waals surface area contributed by atoms with Crippen molar-refractivity contribution in [3.8, 4) is 11.8 Å². The summed E-state index contributed by atoms with van der Waals surface area (Å²) in [5, 5.41) is 8.21. The Kier molecular flexibility index (Phi) is 2.87. The van der Waals surface area contributed by atoms with Crippen LogP contribution in [-0.4, -0.2) is 11.6 Å². The Hall–Kier alpha value is -1.08. The molecule has 11 heavy (non-hydrogen) atoms. The van der Waals surface area contributed by atoms with Gasteiger partial charge in [0, 0.05) is 6.20 Å². The standard InChI is InChI=1S/C7H5BrN2O/c8-7-6(11-5-3-9)2-1-4-10-7/h1-2,4H,5H2. The van der Waals surface area contributed by atoms with Gasteiger partial charge in [-0.1, -0.05) is 0 Å². The van der Waals surface area contributed by atoms with E-state index in [4.69, 9.17) is 10.00 Å². The third kappa shape index (κ3) is 2.20. The molecule has 0 aliphatic rings. The van der Waals surface area contributed by atoms with Gasteiger partial charge in [0.2, 0.25) is 0 Å². The third-order valence-corrected chi connectivity index (χ3v) is 1.61. The third-order valence-electron chi connectivity index (χ3n) is 1.02. The largest absolute Gasteiger partial charge is 0.476 e. The molecule has 0 aromatic carbocycles. The fourth-order valence-corrected chi connectivity index (χ4v) is 0.954. The molecule has 0 fully saturated rings. The molecule has 0 bridgehead atoms. The van der Waals surface area contributed by atoms with Gasteiger partial charge in [-0.25, -0.2) is 4.98 Å². The quantitative estimate of drug-likeness (QED) is 0.703. The molecular formula is C7H5BrN2O. The van der Waals surface area contributed by atoms with E-state index in [9.17, 15) is 0 Å². The van der Waals surface area contributed by atoms with Gasteiger partial charge in [-0.3, -0.25) is 0 Å². The molecule has 1 aromatic rings. The van der Waals surface area contributed by atoms with Gasteiger partial charge in [0.25, 0.3) is 0 Å². The molecule has 0 saturated heterocycles. The first-order valence-electron chi connectivity index (χ1n) is 2.95. The van der Waals surface area contributed by atoms with Crippen molar-refractivity contribution in [2.45, 2.75) is 0 Å². The minimum atomic E-state index is 0.0459. The number of hydrogen-bond acceptors (Lipinski definition) is 3. The van der Waals surface area contributed by atoms with Crippen LogP contribution in [0.4, 0.5) is 0 Å². The average molecular weight is 213 g/mol. The molecule has 56 valence electrons. The van der Waals surface area contributed by atoms with Crippen molar-refractivity contribution in [2.75, 3.05) is 6.61 Å². The van der Waals surface area contributed by atoms with Gasteiger partial charge in [0.05, 0.1) is 0 Å². The number of rotatable bonds is 2. The maximum absolute atomic E-state index is 8.21. The molecule has 0 atom stereocenters. The topological polar surface area (TPSA) is 45.9 Å². The molecule has 0 aliphatic carbocycles. The smallest absolute Gasteiger partial charge is 0.174 e. The molecule has 0 unspecified atom stereocenters. The molecule has 0 saturated carbocycles. The summed E-state index contributed by atoms with van der Waals surface area (Å²) in [4.78, 5) is 3.91. The van der Waals surface area contributed by atoms with Crippen molar-refractivity contribution in [1.29, 1.82) is 5.26 Å². The highest BCUT2D eigenvalue weighted by Gasteiger charge is 1.98. The first-order valence-corrected chi connectivity index (χ1v) is 3.74. The number of halogens is 1. The van der Waals surface area contributed by atoms with E-state index < -0.39 is 0 Å². The first kappa shape index (κ1) is 8.02. The summed E-state index contributed by atoms with van der Waals surface area (Å²) in [5.41, 5.74) is 0. The van der Waals surface area contributed by atoms with Crippen LogP contribution >= 0.6 is 15.9 Å². The summed E-state index contributed by atoms with van der Waals surface area (Å²) in [6, 6.07) is 5.36. The van der Waals surface area contributed by atoms with Gasteiger partial charge in [-0.2, -0.15) is 5.26 Å². The molecule has 4 heteroatoms. The lowest BCUT2D eigenvalue weighted by Gasteiger charge is -2.00. The minimum absolute atomic E-state index is 0.0459. The van der Waals surface area contributed by atoms with Crippen LogP contribution in [0.25, 0.3) is 0 Å². The van der Waals surface area contributed by atoms with Gasteiger partial charge in [0.1, 0.15) is 10.7 Å². The lowest BCUT2D eigenvalue weighted by molar-refractivity contribution is 0.364. The van der Waals surface area contributed by atoms with Crippen LogP contribution < -0.4 is 4.74 Å². The highest BCUT2D eigenvalue weighted by Crippen LogP contribution is 2.20. The van der Waals surface area contributed by atoms with E-state index in [1.54, 1.807) is 18.3 Å². The predicted octanol–water partition coefficient (Wildman–Crippen LogP) is 1.75. The SMILES string of the molecule is N#CCOc1cccnc1Br. The van der Waals surface area contributed by atoms with Gasteiger partial charge < -0.3 is 4.74 Å². The van der Waals surface area contributed by atoms with Gasteiger partial charge in [-0.15, -0.1) is 0 Å². The fourth-order valence-electron chi connectivity index (χ4n) is 0.589. The fraction of sp³-hybridized carbons (Fsp3) is 0.143. The predicted molar refractivity (Wildman–Crippen MR) is 43.0 cm³/mol. The summed E-state index contributed by atoms with van der Waals surface area (Å²) < 4.78 is 5.64. The van der Waals surface area contributed by atoms with Crippen LogP contribution in [-0.2, 0) is 0 Å². The van der Waals surface area contributed by atoms with E-state index in [2.05, 4.69) is 20.9 Å². The van der Waals surface area contributed by atoms with Crippen LogP contribution in [0, 0.1) is 11.3 Å². The van der Waals surface area contributed by atoms with Crippen molar-refractivity contribution >= 4 is 15.9 Å². The van der Waals surface area contributed by atoms with Gasteiger partial charge in [-0.05, 0) is 28.1 Å². The Morgan fingerprint density at radius 3 is 3.18 bits per heavy atom. The lowest BCUT2D eigenvalue weighted by atomic mass is 10.5. The Morgan fingerprint density at radius 2 is 2.55 bits per heavy atom. The summed E-state index contributed by atoms with van der Waals surface area (Å²) >= 11 is 3.18. The van der Waals surface area contributed by atoms with E-state index in [-0.39, 0.29) is 6.61 Å². The van der Waals surface area contributed by atoms with Crippen LogP contribution in [0.1, 0.15) is 0 Å². The zero-order valence-electron chi connectivity index (χ0n) is 5.62. The van der Waals surface area contributed by atoms with E-state index in [1.165, 1.54) is 0 Å². The van der Waals surface area contributed by atoms with Crippen LogP contribution in [0.5, 0.6) is 5.75 Å². The Morgan fingerprint density at radius 1 is 1.73 bits per heavy atom. The molecule has 1 heterocycles. The second-order valence-corrected chi connectivity index (χ2v) is 2.49. The van der Waals surface area contributed by atoms with Gasteiger partial charge in [0.15, 0.2) is 12.4 Å². The van der Waals surface area contributed by atoms with Crippen molar-refractivity contribution < 1.29 is 4.74 Å². The molecule has 0 spiro atoms. The zero-order valence-corrected chi connectivity index (χ0v) is 7.21. The van der Waals surface area contributed by atoms with Crippen LogP contribution in [0.3, 0.4) is 0 Å². The summed E-state index contributed by atoms with van der Waals surface area (Å²) in [5.74, 6) is 0.592. The highest BCUT2D eigenvalue weighted by molar-refractivity contribution is 9.10. The number of nitrogens with zero attached hydrogens (tertiary/aromatic N) is 2. The normalized spacial score (nSPS) is 8.73. The molecule has 0 N–H and O–H groups in total. The van der Waals surface area contributed by atoms with Crippen molar-refractivity contribution in [3.63, 3.8) is 0 Å². The number of ether oxygens (including phenoxy) is 1. The molecule has 0 radical (unpaired) electrons. The molecule has 0 aliphatic heterocycles. The van der Waals surface area contributed by atoms with E-state index in [0.29, 0.717) is 10.4 Å². The van der Waals surface area contributed by atoms with Gasteiger partial charge >= 0.3 is 0 Å². The number of hydrogen-bond donors (Lipinski definition) is 0. The lowest BCUT2D eigenvalue weighted by Crippen LogP contribution is -1.94. The van der Waals surface area contributed by atoms with Crippen molar-refractivity contribution in [3.05, 3.63) is 22.9 Å². The molecule has 1 aromatic heterocycles. The van der Waals surface area contributed by atoms with Crippen LogP contribution in [0.2, 0.25) is 0 Å². The minimum Gasteiger partial charge on any atom is -0.476 e. The van der Waals surface area contributed by atoms with E-state index in [0.717, 1.165) is 0 Å². The maximum Gasteiger partial charge on any atom is 0.174 e. The average Bonchev–Trinajstić information content (AvgIpc) is 2.03. The molecule has 0 amide bonds.